The first kappa shape index (κ1) is 11.5. The number of hydrogen-bond acceptors (Lipinski definition) is 3. The monoisotopic (exact) mass is 258 g/mol. The fourth-order valence-corrected chi connectivity index (χ4v) is 2.39. The van der Waals surface area contributed by atoms with E-state index in [2.05, 4.69) is 0 Å². The lowest BCUT2D eigenvalue weighted by atomic mass is 10.0. The lowest BCUT2D eigenvalue weighted by Gasteiger charge is -2.19. The molecule has 0 amide bonds. The third-order valence-corrected chi connectivity index (χ3v) is 4.04. The summed E-state index contributed by atoms with van der Waals surface area (Å²) < 4.78 is 27.9. The van der Waals surface area contributed by atoms with Crippen molar-refractivity contribution in [1.29, 1.82) is 0 Å². The second-order valence-corrected chi connectivity index (χ2v) is 6.40. The highest BCUT2D eigenvalue weighted by Crippen LogP contribution is 2.34. The molecule has 0 saturated heterocycles. The van der Waals surface area contributed by atoms with Crippen LogP contribution in [0.2, 0.25) is 0 Å². The molecule has 0 aliphatic carbocycles. The van der Waals surface area contributed by atoms with E-state index < -0.39 is 9.05 Å². The van der Waals surface area contributed by atoms with Crippen molar-refractivity contribution in [2.45, 2.75) is 13.8 Å². The van der Waals surface area contributed by atoms with Crippen molar-refractivity contribution in [1.82, 2.24) is 0 Å². The highest BCUT2D eigenvalue weighted by molar-refractivity contribution is 8.17. The summed E-state index contributed by atoms with van der Waals surface area (Å²) in [5, 5.41) is 0. The van der Waals surface area contributed by atoms with Gasteiger partial charge in [0.15, 0.2) is 0 Å². The molecule has 0 radical (unpaired) electrons. The number of aryl methyl sites for hydroxylation is 2. The van der Waals surface area contributed by atoms with Crippen molar-refractivity contribution in [2.24, 2.45) is 0 Å². The zero-order valence-corrected chi connectivity index (χ0v) is 10.5. The first-order valence-corrected chi connectivity index (χ1v) is 7.09. The first-order chi connectivity index (χ1) is 7.39. The Labute approximate surface area is 99.1 Å². The summed E-state index contributed by atoms with van der Waals surface area (Å²) in [6.45, 7) is 3.83. The molecule has 0 aromatic heterocycles. The highest BCUT2D eigenvalue weighted by Gasteiger charge is 2.22. The van der Waals surface area contributed by atoms with E-state index in [0.717, 1.165) is 22.4 Å². The normalized spacial score (nSPS) is 15.1. The highest BCUT2D eigenvalue weighted by atomic mass is 35.7. The topological polar surface area (TPSA) is 43.4 Å². The van der Waals surface area contributed by atoms with E-state index in [1.807, 2.05) is 26.0 Å². The maximum Gasteiger partial charge on any atom is 0.260 e. The van der Waals surface area contributed by atoms with Gasteiger partial charge in [0.2, 0.25) is 0 Å². The Morgan fingerprint density at radius 1 is 1.25 bits per heavy atom. The molecule has 1 aliphatic heterocycles. The number of benzene rings is 1. The molecule has 16 heavy (non-hydrogen) atoms. The van der Waals surface area contributed by atoms with Gasteiger partial charge in [0, 0.05) is 16.2 Å². The van der Waals surface area contributed by atoms with Crippen LogP contribution in [-0.4, -0.2) is 15.0 Å². The molecule has 0 saturated carbocycles. The molecule has 2 rings (SSSR count). The molecule has 3 nitrogen and oxygen atoms in total. The standard InChI is InChI=1S/C11H11ClO3S/c1-7-3-4-8(2)11-10(7)5-9(6-15-11)16(12,13)14/h3-5H,6H2,1-2H3. The maximum absolute atomic E-state index is 11.2. The smallest absolute Gasteiger partial charge is 0.260 e. The van der Waals surface area contributed by atoms with Crippen LogP contribution in [0.15, 0.2) is 17.0 Å². The lowest BCUT2D eigenvalue weighted by molar-refractivity contribution is 0.351. The molecular formula is C11H11ClO3S. The van der Waals surface area contributed by atoms with E-state index in [0.29, 0.717) is 0 Å². The fourth-order valence-electron chi connectivity index (χ4n) is 1.66. The van der Waals surface area contributed by atoms with Gasteiger partial charge in [-0.3, -0.25) is 0 Å². The van der Waals surface area contributed by atoms with Gasteiger partial charge in [0.1, 0.15) is 12.4 Å². The van der Waals surface area contributed by atoms with Crippen LogP contribution in [0.3, 0.4) is 0 Å². The van der Waals surface area contributed by atoms with E-state index in [9.17, 15) is 8.42 Å². The van der Waals surface area contributed by atoms with E-state index in [-0.39, 0.29) is 11.5 Å². The van der Waals surface area contributed by atoms with Crippen LogP contribution >= 0.6 is 10.7 Å². The van der Waals surface area contributed by atoms with Gasteiger partial charge in [-0.05, 0) is 31.1 Å². The molecule has 0 N–H and O–H groups in total. The molecule has 1 heterocycles. The zero-order valence-electron chi connectivity index (χ0n) is 8.95. The van der Waals surface area contributed by atoms with Crippen molar-refractivity contribution in [3.8, 4) is 5.75 Å². The zero-order chi connectivity index (χ0) is 11.9. The second kappa shape index (κ2) is 3.79. The van der Waals surface area contributed by atoms with Gasteiger partial charge in [-0.15, -0.1) is 0 Å². The van der Waals surface area contributed by atoms with Gasteiger partial charge in [0.25, 0.3) is 9.05 Å². The molecule has 1 aromatic carbocycles. The maximum atomic E-state index is 11.2. The van der Waals surface area contributed by atoms with Crippen LogP contribution in [0.1, 0.15) is 16.7 Å². The number of halogens is 1. The molecule has 0 unspecified atom stereocenters. The minimum Gasteiger partial charge on any atom is -0.487 e. The van der Waals surface area contributed by atoms with Gasteiger partial charge in [-0.25, -0.2) is 8.42 Å². The Morgan fingerprint density at radius 3 is 2.50 bits per heavy atom. The largest absolute Gasteiger partial charge is 0.487 e. The summed E-state index contributed by atoms with van der Waals surface area (Å²) in [7, 11) is 1.60. The molecule has 1 aromatic rings. The van der Waals surface area contributed by atoms with Crippen molar-refractivity contribution < 1.29 is 13.2 Å². The van der Waals surface area contributed by atoms with Crippen molar-refractivity contribution in [3.05, 3.63) is 33.7 Å². The summed E-state index contributed by atoms with van der Waals surface area (Å²) in [5.74, 6) is 0.740. The van der Waals surface area contributed by atoms with E-state index >= 15 is 0 Å². The summed E-state index contributed by atoms with van der Waals surface area (Å²) >= 11 is 0. The van der Waals surface area contributed by atoms with Crippen molar-refractivity contribution in [2.75, 3.05) is 6.61 Å². The third-order valence-electron chi connectivity index (χ3n) is 2.59. The molecule has 86 valence electrons. The Balaban J connectivity index is 2.64. The average Bonchev–Trinajstić information content (AvgIpc) is 2.22. The van der Waals surface area contributed by atoms with Gasteiger partial charge in [-0.1, -0.05) is 12.1 Å². The van der Waals surface area contributed by atoms with Gasteiger partial charge < -0.3 is 4.74 Å². The van der Waals surface area contributed by atoms with E-state index in [1.165, 1.54) is 0 Å². The van der Waals surface area contributed by atoms with Crippen LogP contribution in [0.25, 0.3) is 6.08 Å². The van der Waals surface area contributed by atoms with E-state index in [4.69, 9.17) is 15.4 Å². The molecule has 1 aliphatic rings. The lowest BCUT2D eigenvalue weighted by Crippen LogP contribution is -2.13. The Morgan fingerprint density at radius 2 is 1.88 bits per heavy atom. The molecule has 0 atom stereocenters. The minimum absolute atomic E-state index is 0.00310. The first-order valence-electron chi connectivity index (χ1n) is 4.78. The predicted molar refractivity (Wildman–Crippen MR) is 64.2 cm³/mol. The van der Waals surface area contributed by atoms with Crippen molar-refractivity contribution >= 4 is 25.8 Å². The second-order valence-electron chi connectivity index (χ2n) is 3.78. The molecule has 0 fully saturated rings. The summed E-state index contributed by atoms with van der Waals surface area (Å²) in [5.41, 5.74) is 2.76. The quantitative estimate of drug-likeness (QED) is 0.728. The number of ether oxygens (including phenoxy) is 1. The summed E-state index contributed by atoms with van der Waals surface area (Å²) in [6, 6.07) is 3.88. The third kappa shape index (κ3) is 1.95. The predicted octanol–water partition coefficient (Wildman–Crippen LogP) is 2.61. The van der Waals surface area contributed by atoms with E-state index in [1.54, 1.807) is 6.08 Å². The molecular weight excluding hydrogens is 248 g/mol. The molecule has 0 bridgehead atoms. The molecule has 5 heteroatoms. The Hall–Kier alpha value is -1.00. The number of hydrogen-bond donors (Lipinski definition) is 0. The number of rotatable bonds is 1. The Bertz CT molecular complexity index is 573. The summed E-state index contributed by atoms with van der Waals surface area (Å²) in [6.07, 6.45) is 1.59. The average molecular weight is 259 g/mol. The minimum atomic E-state index is -3.69. The van der Waals surface area contributed by atoms with Crippen LogP contribution in [0, 0.1) is 13.8 Å². The van der Waals surface area contributed by atoms with Crippen LogP contribution < -0.4 is 4.74 Å². The van der Waals surface area contributed by atoms with Gasteiger partial charge >= 0.3 is 0 Å². The fraction of sp³-hybridized carbons (Fsp3) is 0.273. The summed E-state index contributed by atoms with van der Waals surface area (Å²) in [4.78, 5) is 0.107. The van der Waals surface area contributed by atoms with Crippen LogP contribution in [-0.2, 0) is 9.05 Å². The Kier molecular flexibility index (Phi) is 2.72. The van der Waals surface area contributed by atoms with Crippen LogP contribution in [0.5, 0.6) is 5.75 Å². The van der Waals surface area contributed by atoms with Gasteiger partial charge in [-0.2, -0.15) is 0 Å². The SMILES string of the molecule is Cc1ccc(C)c2c1C=C(S(=O)(=O)Cl)CO2. The molecule has 0 spiro atoms. The number of fused-ring (bicyclic) bond motifs is 1. The van der Waals surface area contributed by atoms with Crippen molar-refractivity contribution in [3.63, 3.8) is 0 Å². The van der Waals surface area contributed by atoms with Gasteiger partial charge in [0.05, 0.1) is 4.91 Å². The van der Waals surface area contributed by atoms with Crippen LogP contribution in [0.4, 0.5) is 0 Å².